The molecular weight excluding hydrogens is 518 g/mol. The first kappa shape index (κ1) is 27.5. The predicted octanol–water partition coefficient (Wildman–Crippen LogP) is 1.45. The van der Waals surface area contributed by atoms with E-state index in [1.807, 2.05) is 42.5 Å². The third kappa shape index (κ3) is 4.86. The van der Waals surface area contributed by atoms with E-state index in [4.69, 9.17) is 9.47 Å². The van der Waals surface area contributed by atoms with Crippen LogP contribution in [0.15, 0.2) is 65.7 Å². The summed E-state index contributed by atoms with van der Waals surface area (Å²) in [6.07, 6.45) is -3.69. The van der Waals surface area contributed by atoms with Gasteiger partial charge in [0.2, 0.25) is 11.9 Å². The first-order valence-electron chi connectivity index (χ1n) is 12.9. The zero-order valence-corrected chi connectivity index (χ0v) is 22.2. The van der Waals surface area contributed by atoms with Crippen LogP contribution in [0.5, 0.6) is 5.75 Å². The lowest BCUT2D eigenvalue weighted by atomic mass is 9.98. The summed E-state index contributed by atoms with van der Waals surface area (Å²) in [7, 11) is 1.56. The molecule has 5 atom stereocenters. The number of fused-ring (bicyclic) bond motifs is 1. The van der Waals surface area contributed by atoms with Crippen molar-refractivity contribution in [2.45, 2.75) is 44.4 Å². The minimum Gasteiger partial charge on any atom is -0.497 e. The van der Waals surface area contributed by atoms with Crippen molar-refractivity contribution in [2.75, 3.05) is 19.0 Å². The van der Waals surface area contributed by atoms with Gasteiger partial charge < -0.3 is 24.8 Å². The van der Waals surface area contributed by atoms with Crippen molar-refractivity contribution in [1.29, 1.82) is 0 Å². The van der Waals surface area contributed by atoms with Gasteiger partial charge >= 0.3 is 0 Å². The summed E-state index contributed by atoms with van der Waals surface area (Å²) in [5, 5.41) is 33.2. The monoisotopic (exact) mass is 549 g/mol. The fourth-order valence-electron chi connectivity index (χ4n) is 4.77. The first-order valence-corrected chi connectivity index (χ1v) is 12.9. The Morgan fingerprint density at radius 3 is 2.35 bits per heavy atom. The lowest BCUT2D eigenvalue weighted by Gasteiger charge is -2.25. The molecule has 0 saturated carbocycles. The molecule has 1 aliphatic heterocycles. The van der Waals surface area contributed by atoms with Gasteiger partial charge in [-0.3, -0.25) is 24.0 Å². The standard InChI is InChI=1S/C28H31N5O7/c1-15(2)25(37)31-28-30-24-20(29-14-32(24)27-23(36)22(35)19(13-34)40-27)26(38)33(28)21(16-7-5-4-6-8-16)17-9-11-18(39-3)12-10-17/h4-12,14-15,19,21-23,27,34-36H,13H2,1-3H3,(H,30,31,37)/t19-,21?,22-,23-,27-/m1/s1. The number of nitrogens with one attached hydrogen (secondary N) is 1. The summed E-state index contributed by atoms with van der Waals surface area (Å²) in [6.45, 7) is 2.92. The van der Waals surface area contributed by atoms with Crippen LogP contribution in [-0.4, -0.2) is 72.4 Å². The Morgan fingerprint density at radius 2 is 1.75 bits per heavy atom. The minimum atomic E-state index is -1.41. The SMILES string of the molecule is COc1ccc(C(c2ccccc2)n2c(NC(=O)C(C)C)nc3c(ncn3[C@@H]3O[C@H](CO)[C@@H](O)[C@H]3O)c2=O)cc1. The molecule has 0 radical (unpaired) electrons. The van der Waals surface area contributed by atoms with Crippen molar-refractivity contribution in [3.8, 4) is 5.75 Å². The van der Waals surface area contributed by atoms with Crippen molar-refractivity contribution in [2.24, 2.45) is 5.92 Å². The third-order valence-electron chi connectivity index (χ3n) is 6.98. The second-order valence-electron chi connectivity index (χ2n) is 9.89. The molecule has 1 saturated heterocycles. The van der Waals surface area contributed by atoms with Crippen LogP contribution in [0.4, 0.5) is 5.95 Å². The van der Waals surface area contributed by atoms with E-state index in [0.29, 0.717) is 5.75 Å². The van der Waals surface area contributed by atoms with Crippen molar-refractivity contribution in [3.63, 3.8) is 0 Å². The van der Waals surface area contributed by atoms with Gasteiger partial charge in [0.05, 0.1) is 26.1 Å². The van der Waals surface area contributed by atoms with E-state index >= 15 is 0 Å². The molecule has 0 spiro atoms. The second kappa shape index (κ2) is 11.2. The van der Waals surface area contributed by atoms with Gasteiger partial charge in [0.15, 0.2) is 17.4 Å². The van der Waals surface area contributed by atoms with Crippen LogP contribution in [-0.2, 0) is 9.53 Å². The van der Waals surface area contributed by atoms with Crippen LogP contribution in [0.3, 0.4) is 0 Å². The molecule has 1 aliphatic rings. The van der Waals surface area contributed by atoms with E-state index in [9.17, 15) is 24.9 Å². The average Bonchev–Trinajstić information content (AvgIpc) is 3.51. The fourth-order valence-corrected chi connectivity index (χ4v) is 4.77. The van der Waals surface area contributed by atoms with Crippen molar-refractivity contribution >= 4 is 23.0 Å². The number of carbonyl (C=O) groups excluding carboxylic acids is 1. The summed E-state index contributed by atoms with van der Waals surface area (Å²) in [5.74, 6) is -0.167. The lowest BCUT2D eigenvalue weighted by Crippen LogP contribution is -2.34. The number of ether oxygens (including phenoxy) is 2. The average molecular weight is 550 g/mol. The molecular formula is C28H31N5O7. The molecule has 1 amide bonds. The Morgan fingerprint density at radius 1 is 1.07 bits per heavy atom. The molecule has 0 bridgehead atoms. The number of aliphatic hydroxyl groups excluding tert-OH is 3. The second-order valence-corrected chi connectivity index (χ2v) is 9.89. The molecule has 40 heavy (non-hydrogen) atoms. The number of aliphatic hydroxyl groups is 3. The van der Waals surface area contributed by atoms with E-state index in [0.717, 1.165) is 11.1 Å². The largest absolute Gasteiger partial charge is 0.497 e. The topological polar surface area (TPSA) is 161 Å². The van der Waals surface area contributed by atoms with Gasteiger partial charge in [-0.2, -0.15) is 4.98 Å². The Labute approximate surface area is 229 Å². The minimum absolute atomic E-state index is 0.0327. The molecule has 4 aromatic rings. The Balaban J connectivity index is 1.74. The van der Waals surface area contributed by atoms with E-state index in [1.54, 1.807) is 33.1 Å². The molecule has 0 aliphatic carbocycles. The van der Waals surface area contributed by atoms with Crippen LogP contribution in [0.25, 0.3) is 11.2 Å². The predicted molar refractivity (Wildman–Crippen MR) is 145 cm³/mol. The molecule has 210 valence electrons. The summed E-state index contributed by atoms with van der Waals surface area (Å²) in [4.78, 5) is 36.0. The van der Waals surface area contributed by atoms with Crippen LogP contribution in [0.2, 0.25) is 0 Å². The van der Waals surface area contributed by atoms with Gasteiger partial charge in [-0.1, -0.05) is 56.3 Å². The first-order chi connectivity index (χ1) is 19.2. The number of aromatic nitrogens is 4. The molecule has 12 heteroatoms. The highest BCUT2D eigenvalue weighted by atomic mass is 16.6. The van der Waals surface area contributed by atoms with Crippen LogP contribution in [0.1, 0.15) is 37.2 Å². The normalized spacial score (nSPS) is 21.6. The summed E-state index contributed by atoms with van der Waals surface area (Å²) in [6, 6.07) is 15.8. The van der Waals surface area contributed by atoms with E-state index < -0.39 is 48.7 Å². The summed E-state index contributed by atoms with van der Waals surface area (Å²) < 4.78 is 13.7. The fraction of sp³-hybridized carbons (Fsp3) is 0.357. The third-order valence-corrected chi connectivity index (χ3v) is 6.98. The molecule has 1 unspecified atom stereocenters. The Hall–Kier alpha value is -4.10. The maximum atomic E-state index is 14.2. The van der Waals surface area contributed by atoms with Crippen molar-refractivity contribution < 1.29 is 29.6 Å². The molecule has 4 N–H and O–H groups in total. The molecule has 2 aromatic carbocycles. The number of imidazole rings is 1. The number of hydrogen-bond acceptors (Lipinski definition) is 9. The van der Waals surface area contributed by atoms with Crippen LogP contribution >= 0.6 is 0 Å². The number of amides is 1. The zero-order valence-electron chi connectivity index (χ0n) is 22.2. The van der Waals surface area contributed by atoms with Gasteiger partial charge in [-0.05, 0) is 23.3 Å². The smallest absolute Gasteiger partial charge is 0.283 e. The number of methoxy groups -OCH3 is 1. The van der Waals surface area contributed by atoms with E-state index in [-0.39, 0.29) is 23.0 Å². The number of hydrogen-bond donors (Lipinski definition) is 4. The van der Waals surface area contributed by atoms with Crippen molar-refractivity contribution in [1.82, 2.24) is 19.1 Å². The van der Waals surface area contributed by atoms with Gasteiger partial charge in [0.25, 0.3) is 5.56 Å². The van der Waals surface area contributed by atoms with E-state index in [2.05, 4.69) is 15.3 Å². The number of nitrogens with zero attached hydrogens (tertiary/aromatic N) is 4. The van der Waals surface area contributed by atoms with Gasteiger partial charge in [0.1, 0.15) is 24.1 Å². The maximum absolute atomic E-state index is 14.2. The quantitative estimate of drug-likeness (QED) is 0.255. The highest BCUT2D eigenvalue weighted by Crippen LogP contribution is 2.33. The van der Waals surface area contributed by atoms with Gasteiger partial charge in [-0.25, -0.2) is 4.98 Å². The van der Waals surface area contributed by atoms with Crippen LogP contribution < -0.4 is 15.6 Å². The molecule has 3 heterocycles. The number of anilines is 1. The highest BCUT2D eigenvalue weighted by Gasteiger charge is 2.44. The molecule has 12 nitrogen and oxygen atoms in total. The van der Waals surface area contributed by atoms with Gasteiger partial charge in [0, 0.05) is 5.92 Å². The maximum Gasteiger partial charge on any atom is 0.283 e. The number of rotatable bonds is 8. The van der Waals surface area contributed by atoms with Gasteiger partial charge in [-0.15, -0.1) is 0 Å². The Bertz CT molecular complexity index is 1550. The molecule has 5 rings (SSSR count). The number of benzene rings is 2. The van der Waals surface area contributed by atoms with Crippen LogP contribution in [0, 0.1) is 5.92 Å². The highest BCUT2D eigenvalue weighted by molar-refractivity contribution is 5.91. The Kier molecular flexibility index (Phi) is 7.68. The lowest BCUT2D eigenvalue weighted by molar-refractivity contribution is -0.119. The van der Waals surface area contributed by atoms with Crippen molar-refractivity contribution in [3.05, 3.63) is 82.4 Å². The summed E-state index contributed by atoms with van der Waals surface area (Å²) in [5.41, 5.74) is 0.961. The molecule has 1 fully saturated rings. The van der Waals surface area contributed by atoms with E-state index in [1.165, 1.54) is 15.5 Å². The molecule has 2 aromatic heterocycles. The zero-order chi connectivity index (χ0) is 28.6. The number of carbonyl (C=O) groups is 1. The summed E-state index contributed by atoms with van der Waals surface area (Å²) >= 11 is 0.